The van der Waals surface area contributed by atoms with Gasteiger partial charge in [-0.3, -0.25) is 4.68 Å². The molecule has 2 rings (SSSR count). The fraction of sp³-hybridized carbons (Fsp3) is 0.100. The summed E-state index contributed by atoms with van der Waals surface area (Å²) in [5.41, 5.74) is 2.37. The van der Waals surface area contributed by atoms with Crippen molar-refractivity contribution in [3.63, 3.8) is 0 Å². The lowest BCUT2D eigenvalue weighted by molar-refractivity contribution is 0.768. The lowest BCUT2D eigenvalue weighted by atomic mass is 10.1. The van der Waals surface area contributed by atoms with Gasteiger partial charge in [-0.1, -0.05) is 24.3 Å². The molecule has 0 bridgehead atoms. The van der Waals surface area contributed by atoms with E-state index in [4.69, 9.17) is 0 Å². The molecule has 3 heteroatoms. The maximum atomic E-state index is 4.13. The van der Waals surface area contributed by atoms with Crippen LogP contribution in [0.1, 0.15) is 0 Å². The van der Waals surface area contributed by atoms with Crippen LogP contribution in [-0.4, -0.2) is 9.78 Å². The molecule has 2 aromatic rings. The van der Waals surface area contributed by atoms with Crippen LogP contribution in [0, 0.1) is 0 Å². The van der Waals surface area contributed by atoms with Crippen LogP contribution in [0.5, 0.6) is 0 Å². The Hall–Kier alpha value is -1.14. The minimum absolute atomic E-state index is 1.16. The molecule has 0 N–H and O–H groups in total. The minimum Gasteiger partial charge on any atom is -0.275 e. The topological polar surface area (TPSA) is 17.8 Å². The molecule has 0 amide bonds. The second-order valence-corrected chi connectivity index (χ2v) is 3.69. The van der Waals surface area contributed by atoms with Crippen LogP contribution in [0.2, 0.25) is 0 Å². The van der Waals surface area contributed by atoms with E-state index in [2.05, 4.69) is 38.6 Å². The van der Waals surface area contributed by atoms with Gasteiger partial charge in [-0.05, 0) is 10.9 Å². The largest absolute Gasteiger partial charge is 0.275 e. The molecule has 0 fully saturated rings. The standard InChI is InChI=1S/C10H11N2P/c1-12-7-9(6-11-12)8-2-4-10(13)5-3-8/h2-7H,13H2,1H3. The van der Waals surface area contributed by atoms with E-state index in [0.29, 0.717) is 0 Å². The fourth-order valence-corrected chi connectivity index (χ4v) is 1.44. The van der Waals surface area contributed by atoms with Crippen molar-refractivity contribution in [2.24, 2.45) is 7.05 Å². The molecule has 1 heterocycles. The molecule has 0 aliphatic carbocycles. The van der Waals surface area contributed by atoms with E-state index in [9.17, 15) is 0 Å². The van der Waals surface area contributed by atoms with Crippen LogP contribution in [0.25, 0.3) is 11.1 Å². The molecule has 66 valence electrons. The van der Waals surface area contributed by atoms with E-state index in [1.807, 2.05) is 24.1 Å². The van der Waals surface area contributed by atoms with Crippen molar-refractivity contribution in [3.8, 4) is 11.1 Å². The molecule has 0 spiro atoms. The van der Waals surface area contributed by atoms with E-state index in [1.54, 1.807) is 0 Å². The Balaban J connectivity index is 2.41. The smallest absolute Gasteiger partial charge is 0.0568 e. The van der Waals surface area contributed by atoms with Crippen molar-refractivity contribution in [2.75, 3.05) is 0 Å². The summed E-state index contributed by atoms with van der Waals surface area (Å²) in [5.74, 6) is 0. The van der Waals surface area contributed by atoms with Crippen LogP contribution >= 0.6 is 9.24 Å². The van der Waals surface area contributed by atoms with Crippen molar-refractivity contribution < 1.29 is 0 Å². The van der Waals surface area contributed by atoms with Crippen LogP contribution in [0.4, 0.5) is 0 Å². The highest BCUT2D eigenvalue weighted by Crippen LogP contribution is 2.16. The third-order valence-electron chi connectivity index (χ3n) is 1.95. The van der Waals surface area contributed by atoms with Gasteiger partial charge in [0.05, 0.1) is 6.20 Å². The molecule has 1 unspecified atom stereocenters. The van der Waals surface area contributed by atoms with Crippen molar-refractivity contribution >= 4 is 14.5 Å². The first kappa shape index (κ1) is 8.46. The van der Waals surface area contributed by atoms with E-state index >= 15 is 0 Å². The van der Waals surface area contributed by atoms with E-state index in [0.717, 1.165) is 5.56 Å². The molecule has 1 aromatic heterocycles. The maximum Gasteiger partial charge on any atom is 0.0568 e. The number of rotatable bonds is 1. The highest BCUT2D eigenvalue weighted by molar-refractivity contribution is 7.27. The zero-order valence-corrected chi connectivity index (χ0v) is 8.59. The number of hydrogen-bond acceptors (Lipinski definition) is 1. The molecule has 2 nitrogen and oxygen atoms in total. The Bertz CT molecular complexity index is 403. The lowest BCUT2D eigenvalue weighted by Gasteiger charge is -1.96. The summed E-state index contributed by atoms with van der Waals surface area (Å²) in [5, 5.41) is 5.33. The Labute approximate surface area is 79.8 Å². The molecule has 0 aliphatic rings. The third kappa shape index (κ3) is 1.78. The SMILES string of the molecule is Cn1cc(-c2ccc(P)cc2)cn1. The van der Waals surface area contributed by atoms with Gasteiger partial charge < -0.3 is 0 Å². The summed E-state index contributed by atoms with van der Waals surface area (Å²) >= 11 is 0. The molecule has 1 atom stereocenters. The Kier molecular flexibility index (Phi) is 2.15. The van der Waals surface area contributed by atoms with Crippen LogP contribution in [0.3, 0.4) is 0 Å². The number of nitrogens with zero attached hydrogens (tertiary/aromatic N) is 2. The summed E-state index contributed by atoms with van der Waals surface area (Å²) < 4.78 is 1.81. The van der Waals surface area contributed by atoms with Crippen LogP contribution < -0.4 is 5.30 Å². The molecule has 0 radical (unpaired) electrons. The van der Waals surface area contributed by atoms with Crippen molar-refractivity contribution in [3.05, 3.63) is 36.7 Å². The second-order valence-electron chi connectivity index (χ2n) is 3.02. The third-order valence-corrected chi connectivity index (χ3v) is 2.33. The average molecular weight is 190 g/mol. The van der Waals surface area contributed by atoms with Crippen molar-refractivity contribution in [2.45, 2.75) is 0 Å². The Morgan fingerprint density at radius 1 is 1.15 bits per heavy atom. The molecule has 13 heavy (non-hydrogen) atoms. The summed E-state index contributed by atoms with van der Waals surface area (Å²) in [4.78, 5) is 0. The molecule has 1 aromatic carbocycles. The van der Waals surface area contributed by atoms with E-state index in [-0.39, 0.29) is 0 Å². The van der Waals surface area contributed by atoms with Gasteiger partial charge in [0.15, 0.2) is 0 Å². The summed E-state index contributed by atoms with van der Waals surface area (Å²) in [6.45, 7) is 0. The number of aryl methyl sites for hydroxylation is 1. The average Bonchev–Trinajstić information content (AvgIpc) is 2.53. The van der Waals surface area contributed by atoms with E-state index in [1.165, 1.54) is 10.9 Å². The summed E-state index contributed by atoms with van der Waals surface area (Å²) in [6.07, 6.45) is 3.88. The second kappa shape index (κ2) is 3.31. The van der Waals surface area contributed by atoms with Gasteiger partial charge in [0.25, 0.3) is 0 Å². The van der Waals surface area contributed by atoms with Gasteiger partial charge in [-0.2, -0.15) is 5.10 Å². The van der Waals surface area contributed by atoms with E-state index < -0.39 is 0 Å². The first-order valence-electron chi connectivity index (χ1n) is 4.10. The fourth-order valence-electron chi connectivity index (χ4n) is 1.25. The predicted molar refractivity (Wildman–Crippen MR) is 58.0 cm³/mol. The minimum atomic E-state index is 1.16. The Morgan fingerprint density at radius 2 is 1.85 bits per heavy atom. The normalized spacial score (nSPS) is 10.3. The lowest BCUT2D eigenvalue weighted by Crippen LogP contribution is -1.87. The number of aromatic nitrogens is 2. The number of benzene rings is 1. The summed E-state index contributed by atoms with van der Waals surface area (Å²) in [7, 11) is 4.60. The molecule has 0 saturated heterocycles. The first-order chi connectivity index (χ1) is 6.25. The zero-order chi connectivity index (χ0) is 9.26. The molecular weight excluding hydrogens is 179 g/mol. The Morgan fingerprint density at radius 3 is 2.38 bits per heavy atom. The van der Waals surface area contributed by atoms with Gasteiger partial charge in [-0.25, -0.2) is 0 Å². The van der Waals surface area contributed by atoms with Crippen molar-refractivity contribution in [1.29, 1.82) is 0 Å². The highest BCUT2D eigenvalue weighted by Gasteiger charge is 1.98. The molecule has 0 aliphatic heterocycles. The van der Waals surface area contributed by atoms with Gasteiger partial charge >= 0.3 is 0 Å². The van der Waals surface area contributed by atoms with Crippen molar-refractivity contribution in [1.82, 2.24) is 9.78 Å². The maximum absolute atomic E-state index is 4.13. The van der Waals surface area contributed by atoms with Gasteiger partial charge in [-0.15, -0.1) is 9.24 Å². The van der Waals surface area contributed by atoms with Gasteiger partial charge in [0.1, 0.15) is 0 Å². The van der Waals surface area contributed by atoms with Gasteiger partial charge in [0.2, 0.25) is 0 Å². The highest BCUT2D eigenvalue weighted by atomic mass is 31.0. The monoisotopic (exact) mass is 190 g/mol. The van der Waals surface area contributed by atoms with Crippen LogP contribution in [0.15, 0.2) is 36.7 Å². The number of hydrogen-bond donors (Lipinski definition) is 0. The molecule has 0 saturated carbocycles. The predicted octanol–water partition coefficient (Wildman–Crippen LogP) is 1.59. The zero-order valence-electron chi connectivity index (χ0n) is 7.44. The molecular formula is C10H11N2P. The van der Waals surface area contributed by atoms with Gasteiger partial charge in [0, 0.05) is 18.8 Å². The van der Waals surface area contributed by atoms with Crippen LogP contribution in [-0.2, 0) is 7.05 Å². The quantitative estimate of drug-likeness (QED) is 0.624. The summed E-state index contributed by atoms with van der Waals surface area (Å²) in [6, 6.07) is 8.35. The first-order valence-corrected chi connectivity index (χ1v) is 4.68.